The Hall–Kier alpha value is -1.06. The maximum Gasteiger partial charge on any atom is 0.125 e. The highest BCUT2D eigenvalue weighted by Crippen LogP contribution is 2.24. The molecular formula is C14H23NO2. The van der Waals surface area contributed by atoms with Gasteiger partial charge in [-0.25, -0.2) is 0 Å². The molecule has 0 aliphatic heterocycles. The topological polar surface area (TPSA) is 44.5 Å². The van der Waals surface area contributed by atoms with Gasteiger partial charge < -0.3 is 15.2 Å². The summed E-state index contributed by atoms with van der Waals surface area (Å²) in [5, 5.41) is 0. The van der Waals surface area contributed by atoms with Crippen LogP contribution in [0.4, 0.5) is 0 Å². The quantitative estimate of drug-likeness (QED) is 0.740. The van der Waals surface area contributed by atoms with E-state index in [1.54, 1.807) is 0 Å². The Labute approximate surface area is 104 Å². The second-order valence-electron chi connectivity index (χ2n) is 4.33. The number of ether oxygens (including phenoxy) is 2. The summed E-state index contributed by atoms with van der Waals surface area (Å²) in [6, 6.07) is 4.29. The maximum atomic E-state index is 5.79. The van der Waals surface area contributed by atoms with Crippen LogP contribution in [0.5, 0.6) is 5.75 Å². The Morgan fingerprint density at radius 3 is 2.24 bits per heavy atom. The molecule has 0 bridgehead atoms. The van der Waals surface area contributed by atoms with E-state index in [2.05, 4.69) is 32.9 Å². The summed E-state index contributed by atoms with van der Waals surface area (Å²) in [5.41, 5.74) is 9.01. The molecule has 0 radical (unpaired) electrons. The first-order valence-corrected chi connectivity index (χ1v) is 6.13. The lowest BCUT2D eigenvalue weighted by Gasteiger charge is -2.13. The first-order chi connectivity index (χ1) is 8.15. The molecule has 0 atom stereocenters. The lowest BCUT2D eigenvalue weighted by Crippen LogP contribution is -2.11. The second-order valence-corrected chi connectivity index (χ2v) is 4.33. The van der Waals surface area contributed by atoms with Crippen LogP contribution in [0.1, 0.15) is 23.1 Å². The van der Waals surface area contributed by atoms with Crippen LogP contribution in [0.2, 0.25) is 0 Å². The predicted octanol–water partition coefficient (Wildman–Crippen LogP) is 2.36. The van der Waals surface area contributed by atoms with Crippen molar-refractivity contribution in [3.05, 3.63) is 28.8 Å². The number of nitrogens with two attached hydrogens (primary N) is 1. The van der Waals surface area contributed by atoms with Crippen molar-refractivity contribution in [1.29, 1.82) is 0 Å². The van der Waals surface area contributed by atoms with Gasteiger partial charge in [0.05, 0.1) is 13.2 Å². The zero-order valence-corrected chi connectivity index (χ0v) is 11.1. The third-order valence-corrected chi connectivity index (χ3v) is 2.55. The van der Waals surface area contributed by atoms with Crippen LogP contribution in [-0.2, 0) is 4.74 Å². The Morgan fingerprint density at radius 2 is 1.65 bits per heavy atom. The van der Waals surface area contributed by atoms with Crippen LogP contribution in [-0.4, -0.2) is 26.4 Å². The summed E-state index contributed by atoms with van der Waals surface area (Å²) in [7, 11) is 0. The number of aryl methyl sites for hydroxylation is 3. The first kappa shape index (κ1) is 14.0. The SMILES string of the molecule is Cc1cc(C)c(OCCCOCCN)c(C)c1. The smallest absolute Gasteiger partial charge is 0.125 e. The molecule has 0 aliphatic rings. The number of rotatable bonds is 7. The van der Waals surface area contributed by atoms with E-state index in [0.29, 0.717) is 26.4 Å². The summed E-state index contributed by atoms with van der Waals surface area (Å²) in [6.45, 7) is 8.88. The van der Waals surface area contributed by atoms with E-state index in [9.17, 15) is 0 Å². The van der Waals surface area contributed by atoms with Crippen molar-refractivity contribution < 1.29 is 9.47 Å². The summed E-state index contributed by atoms with van der Waals surface area (Å²) < 4.78 is 11.1. The van der Waals surface area contributed by atoms with Crippen LogP contribution in [0.25, 0.3) is 0 Å². The van der Waals surface area contributed by atoms with Gasteiger partial charge in [-0.3, -0.25) is 0 Å². The molecule has 0 saturated heterocycles. The fourth-order valence-corrected chi connectivity index (χ4v) is 1.92. The van der Waals surface area contributed by atoms with E-state index in [1.807, 2.05) is 0 Å². The average Bonchev–Trinajstić information content (AvgIpc) is 2.26. The molecule has 3 heteroatoms. The molecule has 0 aromatic heterocycles. The van der Waals surface area contributed by atoms with Crippen molar-refractivity contribution in [1.82, 2.24) is 0 Å². The Kier molecular flexibility index (Phi) is 6.01. The molecule has 0 fully saturated rings. The van der Waals surface area contributed by atoms with Crippen molar-refractivity contribution in [2.45, 2.75) is 27.2 Å². The van der Waals surface area contributed by atoms with Gasteiger partial charge in [-0.1, -0.05) is 17.7 Å². The summed E-state index contributed by atoms with van der Waals surface area (Å²) in [5.74, 6) is 1.01. The lowest BCUT2D eigenvalue weighted by atomic mass is 10.1. The van der Waals surface area contributed by atoms with Gasteiger partial charge in [-0.2, -0.15) is 0 Å². The van der Waals surface area contributed by atoms with E-state index < -0.39 is 0 Å². The van der Waals surface area contributed by atoms with Gasteiger partial charge in [0.15, 0.2) is 0 Å². The van der Waals surface area contributed by atoms with Crippen molar-refractivity contribution in [2.75, 3.05) is 26.4 Å². The summed E-state index contributed by atoms with van der Waals surface area (Å²) >= 11 is 0. The van der Waals surface area contributed by atoms with Gasteiger partial charge in [0, 0.05) is 19.6 Å². The highest BCUT2D eigenvalue weighted by molar-refractivity contribution is 5.42. The Bertz CT molecular complexity index is 327. The molecule has 1 aromatic carbocycles. The number of benzene rings is 1. The highest BCUT2D eigenvalue weighted by Gasteiger charge is 2.04. The monoisotopic (exact) mass is 237 g/mol. The molecule has 0 aliphatic carbocycles. The van der Waals surface area contributed by atoms with E-state index >= 15 is 0 Å². The van der Waals surface area contributed by atoms with Crippen molar-refractivity contribution >= 4 is 0 Å². The zero-order chi connectivity index (χ0) is 12.7. The van der Waals surface area contributed by atoms with Crippen LogP contribution in [0.15, 0.2) is 12.1 Å². The zero-order valence-electron chi connectivity index (χ0n) is 11.1. The summed E-state index contributed by atoms with van der Waals surface area (Å²) in [6.07, 6.45) is 0.896. The van der Waals surface area contributed by atoms with Gasteiger partial charge in [0.25, 0.3) is 0 Å². The largest absolute Gasteiger partial charge is 0.493 e. The van der Waals surface area contributed by atoms with E-state index in [-0.39, 0.29) is 0 Å². The number of hydrogen-bond donors (Lipinski definition) is 1. The first-order valence-electron chi connectivity index (χ1n) is 6.13. The lowest BCUT2D eigenvalue weighted by molar-refractivity contribution is 0.125. The standard InChI is InChI=1S/C14H23NO2/c1-11-9-12(2)14(13(3)10-11)17-7-4-6-16-8-5-15/h9-10H,4-8,15H2,1-3H3. The normalized spacial score (nSPS) is 10.6. The minimum absolute atomic E-state index is 0.580. The van der Waals surface area contributed by atoms with Crippen LogP contribution >= 0.6 is 0 Å². The van der Waals surface area contributed by atoms with Gasteiger partial charge in [0.1, 0.15) is 5.75 Å². The molecule has 1 aromatic rings. The van der Waals surface area contributed by atoms with Crippen molar-refractivity contribution in [2.24, 2.45) is 5.73 Å². The molecule has 0 heterocycles. The second kappa shape index (κ2) is 7.30. The average molecular weight is 237 g/mol. The van der Waals surface area contributed by atoms with Gasteiger partial charge in [-0.05, 0) is 31.9 Å². The molecule has 0 spiro atoms. The minimum Gasteiger partial charge on any atom is -0.493 e. The molecule has 0 saturated carbocycles. The van der Waals surface area contributed by atoms with Crippen LogP contribution < -0.4 is 10.5 Å². The van der Waals surface area contributed by atoms with Crippen LogP contribution in [0, 0.1) is 20.8 Å². The highest BCUT2D eigenvalue weighted by atomic mass is 16.5. The van der Waals surface area contributed by atoms with E-state index in [0.717, 1.165) is 12.2 Å². The molecule has 2 N–H and O–H groups in total. The Morgan fingerprint density at radius 1 is 1.00 bits per heavy atom. The maximum absolute atomic E-state index is 5.79. The van der Waals surface area contributed by atoms with Crippen molar-refractivity contribution in [3.63, 3.8) is 0 Å². The fraction of sp³-hybridized carbons (Fsp3) is 0.571. The Balaban J connectivity index is 2.36. The molecule has 0 amide bonds. The molecule has 1 rings (SSSR count). The van der Waals surface area contributed by atoms with Gasteiger partial charge in [-0.15, -0.1) is 0 Å². The third kappa shape index (κ3) is 4.75. The van der Waals surface area contributed by atoms with Gasteiger partial charge >= 0.3 is 0 Å². The van der Waals surface area contributed by atoms with Crippen molar-refractivity contribution in [3.8, 4) is 5.75 Å². The summed E-state index contributed by atoms with van der Waals surface area (Å²) in [4.78, 5) is 0. The molecular weight excluding hydrogens is 214 g/mol. The molecule has 0 unspecified atom stereocenters. The minimum atomic E-state index is 0.580. The van der Waals surface area contributed by atoms with Gasteiger partial charge in [0.2, 0.25) is 0 Å². The predicted molar refractivity (Wildman–Crippen MR) is 70.6 cm³/mol. The van der Waals surface area contributed by atoms with E-state index in [4.69, 9.17) is 15.2 Å². The number of hydrogen-bond acceptors (Lipinski definition) is 3. The molecule has 3 nitrogen and oxygen atoms in total. The van der Waals surface area contributed by atoms with Crippen LogP contribution in [0.3, 0.4) is 0 Å². The molecule has 96 valence electrons. The molecule has 17 heavy (non-hydrogen) atoms. The third-order valence-electron chi connectivity index (χ3n) is 2.55. The fourth-order valence-electron chi connectivity index (χ4n) is 1.92. The van der Waals surface area contributed by atoms with E-state index in [1.165, 1.54) is 16.7 Å².